The number of rotatable bonds is 6. The fraction of sp³-hybridized carbons (Fsp3) is 0.294. The van der Waals surface area contributed by atoms with Crippen molar-refractivity contribution >= 4 is 37.3 Å². The lowest BCUT2D eigenvalue weighted by Crippen LogP contribution is -2.27. The Morgan fingerprint density at radius 1 is 0.923 bits per heavy atom. The zero-order valence-electron chi connectivity index (χ0n) is 13.9. The van der Waals surface area contributed by atoms with Gasteiger partial charge in [0.2, 0.25) is 20.0 Å². The molecule has 2 aromatic rings. The fourth-order valence-corrected chi connectivity index (χ4v) is 5.84. The van der Waals surface area contributed by atoms with Crippen LogP contribution in [0.4, 0.5) is 5.69 Å². The summed E-state index contributed by atoms with van der Waals surface area (Å²) >= 11 is 6.00. The Morgan fingerprint density at radius 3 is 2.15 bits per heavy atom. The van der Waals surface area contributed by atoms with Crippen LogP contribution in [0, 0.1) is 0 Å². The summed E-state index contributed by atoms with van der Waals surface area (Å²) in [7, 11) is -7.18. The molecular formula is C17H19ClN2O4S2. The van der Waals surface area contributed by atoms with E-state index in [1.165, 1.54) is 28.6 Å². The van der Waals surface area contributed by atoms with E-state index in [1.54, 1.807) is 24.3 Å². The summed E-state index contributed by atoms with van der Waals surface area (Å²) in [6, 6.07) is 12.5. The first-order valence-corrected chi connectivity index (χ1v) is 11.6. The van der Waals surface area contributed by atoms with Gasteiger partial charge in [-0.15, -0.1) is 0 Å². The van der Waals surface area contributed by atoms with Gasteiger partial charge in [0.25, 0.3) is 0 Å². The Morgan fingerprint density at radius 2 is 1.54 bits per heavy atom. The van der Waals surface area contributed by atoms with E-state index in [1.807, 2.05) is 0 Å². The summed E-state index contributed by atoms with van der Waals surface area (Å²) in [5.74, 6) is -0.263. The number of sulfonamides is 2. The summed E-state index contributed by atoms with van der Waals surface area (Å²) in [5, 5.41) is 0.380. The van der Waals surface area contributed by atoms with Gasteiger partial charge in [-0.05, 0) is 48.7 Å². The van der Waals surface area contributed by atoms with Gasteiger partial charge in [0.05, 0.1) is 10.6 Å². The van der Waals surface area contributed by atoms with Crippen molar-refractivity contribution in [1.29, 1.82) is 0 Å². The van der Waals surface area contributed by atoms with E-state index in [2.05, 4.69) is 4.72 Å². The van der Waals surface area contributed by atoms with Gasteiger partial charge in [-0.3, -0.25) is 4.72 Å². The summed E-state index contributed by atoms with van der Waals surface area (Å²) < 4.78 is 53.5. The molecule has 1 saturated heterocycles. The molecule has 0 amide bonds. The second-order valence-corrected chi connectivity index (χ2v) is 10.2. The lowest BCUT2D eigenvalue weighted by atomic mass is 10.2. The normalized spacial score (nSPS) is 15.9. The zero-order chi connectivity index (χ0) is 18.8. The monoisotopic (exact) mass is 414 g/mol. The molecule has 0 aromatic heterocycles. The van der Waals surface area contributed by atoms with Gasteiger partial charge in [-0.25, -0.2) is 16.8 Å². The third kappa shape index (κ3) is 4.37. The molecule has 0 radical (unpaired) electrons. The quantitative estimate of drug-likeness (QED) is 0.787. The molecule has 1 aliphatic heterocycles. The molecule has 0 atom stereocenters. The van der Waals surface area contributed by atoms with Gasteiger partial charge in [0.15, 0.2) is 0 Å². The van der Waals surface area contributed by atoms with Gasteiger partial charge in [0.1, 0.15) is 0 Å². The fourth-order valence-electron chi connectivity index (χ4n) is 2.81. The predicted molar refractivity (Wildman–Crippen MR) is 102 cm³/mol. The molecule has 26 heavy (non-hydrogen) atoms. The minimum absolute atomic E-state index is 0.161. The number of hydrogen-bond donors (Lipinski definition) is 1. The lowest BCUT2D eigenvalue weighted by Gasteiger charge is -2.16. The summed E-state index contributed by atoms with van der Waals surface area (Å²) in [6.45, 7) is 1.04. The zero-order valence-corrected chi connectivity index (χ0v) is 16.3. The van der Waals surface area contributed by atoms with Crippen LogP contribution in [0.3, 0.4) is 0 Å². The van der Waals surface area contributed by atoms with Crippen molar-refractivity contribution in [1.82, 2.24) is 4.31 Å². The summed E-state index contributed by atoms with van der Waals surface area (Å²) in [5.41, 5.74) is 0.798. The first-order valence-electron chi connectivity index (χ1n) is 8.12. The number of halogens is 1. The smallest absolute Gasteiger partial charge is 0.243 e. The van der Waals surface area contributed by atoms with E-state index < -0.39 is 20.0 Å². The summed E-state index contributed by atoms with van der Waals surface area (Å²) in [4.78, 5) is 0.161. The van der Waals surface area contributed by atoms with Crippen molar-refractivity contribution in [3.8, 4) is 0 Å². The number of hydrogen-bond acceptors (Lipinski definition) is 4. The van der Waals surface area contributed by atoms with Crippen LogP contribution in [0.15, 0.2) is 53.4 Å². The minimum atomic E-state index is -3.67. The molecule has 0 unspecified atom stereocenters. The molecule has 140 valence electrons. The van der Waals surface area contributed by atoms with Crippen molar-refractivity contribution in [2.75, 3.05) is 17.8 Å². The predicted octanol–water partition coefficient (Wildman–Crippen LogP) is 3.07. The SMILES string of the molecule is O=S(=O)(Cc1ccccc1Cl)Nc1ccc(S(=O)(=O)N2CCCC2)cc1. The topological polar surface area (TPSA) is 83.5 Å². The van der Waals surface area contributed by atoms with Crippen molar-refractivity contribution in [3.63, 3.8) is 0 Å². The molecule has 3 rings (SSSR count). The molecule has 1 heterocycles. The highest BCUT2D eigenvalue weighted by molar-refractivity contribution is 7.92. The molecule has 1 aliphatic rings. The molecule has 0 aliphatic carbocycles. The van der Waals surface area contributed by atoms with E-state index in [0.29, 0.717) is 29.4 Å². The molecule has 1 fully saturated rings. The Hall–Kier alpha value is -1.61. The number of benzene rings is 2. The molecular weight excluding hydrogens is 396 g/mol. The van der Waals surface area contributed by atoms with Crippen molar-refractivity contribution in [3.05, 3.63) is 59.1 Å². The molecule has 1 N–H and O–H groups in total. The van der Waals surface area contributed by atoms with Crippen molar-refractivity contribution < 1.29 is 16.8 Å². The van der Waals surface area contributed by atoms with Gasteiger partial charge in [-0.2, -0.15) is 4.31 Å². The molecule has 2 aromatic carbocycles. The first-order chi connectivity index (χ1) is 12.3. The van der Waals surface area contributed by atoms with Crippen molar-refractivity contribution in [2.45, 2.75) is 23.5 Å². The number of anilines is 1. The van der Waals surface area contributed by atoms with E-state index >= 15 is 0 Å². The third-order valence-corrected chi connectivity index (χ3v) is 7.65. The molecule has 0 bridgehead atoms. The second kappa shape index (κ2) is 7.56. The summed E-state index contributed by atoms with van der Waals surface area (Å²) in [6.07, 6.45) is 1.72. The van der Waals surface area contributed by atoms with Crippen LogP contribution in [-0.4, -0.2) is 34.2 Å². The average Bonchev–Trinajstić information content (AvgIpc) is 3.12. The average molecular weight is 415 g/mol. The highest BCUT2D eigenvalue weighted by Gasteiger charge is 2.27. The van der Waals surface area contributed by atoms with E-state index in [9.17, 15) is 16.8 Å². The maximum Gasteiger partial charge on any atom is 0.243 e. The Labute approximate surface area is 158 Å². The molecule has 9 heteroatoms. The largest absolute Gasteiger partial charge is 0.283 e. The van der Waals surface area contributed by atoms with Crippen LogP contribution in [0.25, 0.3) is 0 Å². The number of nitrogens with zero attached hydrogens (tertiary/aromatic N) is 1. The Balaban J connectivity index is 1.73. The van der Waals surface area contributed by atoms with Crippen LogP contribution in [0.5, 0.6) is 0 Å². The molecule has 6 nitrogen and oxygen atoms in total. The Bertz CT molecular complexity index is 984. The van der Waals surface area contributed by atoms with Gasteiger partial charge < -0.3 is 0 Å². The number of nitrogens with one attached hydrogen (secondary N) is 1. The highest BCUT2D eigenvalue weighted by atomic mass is 35.5. The van der Waals surface area contributed by atoms with Gasteiger partial charge in [0, 0.05) is 23.8 Å². The van der Waals surface area contributed by atoms with Crippen LogP contribution < -0.4 is 4.72 Å². The maximum absolute atomic E-state index is 12.5. The minimum Gasteiger partial charge on any atom is -0.283 e. The second-order valence-electron chi connectivity index (χ2n) is 6.09. The van der Waals surface area contributed by atoms with E-state index in [0.717, 1.165) is 12.8 Å². The van der Waals surface area contributed by atoms with Crippen LogP contribution >= 0.6 is 11.6 Å². The van der Waals surface area contributed by atoms with Crippen LogP contribution in [0.1, 0.15) is 18.4 Å². The van der Waals surface area contributed by atoms with Crippen LogP contribution in [-0.2, 0) is 25.8 Å². The van der Waals surface area contributed by atoms with Gasteiger partial charge in [-0.1, -0.05) is 29.8 Å². The van der Waals surface area contributed by atoms with Crippen LogP contribution in [0.2, 0.25) is 5.02 Å². The molecule has 0 spiro atoms. The highest BCUT2D eigenvalue weighted by Crippen LogP contribution is 2.23. The van der Waals surface area contributed by atoms with Gasteiger partial charge >= 0.3 is 0 Å². The Kier molecular flexibility index (Phi) is 5.57. The molecule has 0 saturated carbocycles. The van der Waals surface area contributed by atoms with E-state index in [-0.39, 0.29) is 10.6 Å². The van der Waals surface area contributed by atoms with Crippen molar-refractivity contribution in [2.24, 2.45) is 0 Å². The first kappa shape index (κ1) is 19.2. The lowest BCUT2D eigenvalue weighted by molar-refractivity contribution is 0.477. The van der Waals surface area contributed by atoms with E-state index in [4.69, 9.17) is 11.6 Å². The third-order valence-electron chi connectivity index (χ3n) is 4.13. The standard InChI is InChI=1S/C17H19ClN2O4S2/c18-17-6-2-1-5-14(17)13-25(21,22)19-15-7-9-16(10-8-15)26(23,24)20-11-3-4-12-20/h1-2,5-10,19H,3-4,11-13H2. The maximum atomic E-state index is 12.5.